The fourth-order valence-electron chi connectivity index (χ4n) is 1.67. The van der Waals surface area contributed by atoms with Gasteiger partial charge in [-0.2, -0.15) is 0 Å². The lowest BCUT2D eigenvalue weighted by molar-refractivity contribution is -0.118. The molecule has 0 atom stereocenters. The first-order valence-electron chi connectivity index (χ1n) is 6.02. The molecule has 4 nitrogen and oxygen atoms in total. The van der Waals surface area contributed by atoms with Gasteiger partial charge in [0.15, 0.2) is 12.9 Å². The summed E-state index contributed by atoms with van der Waals surface area (Å²) in [6.07, 6.45) is 0.676. The standard InChI is InChI=1S/C15H11BrClNO3/c16-13-6-1-3-10(8-19)15(13)21-9-14(20)18-12-5-2-4-11(17)7-12/h1-8H,9H2,(H,18,20). The van der Waals surface area contributed by atoms with Crippen LogP contribution < -0.4 is 10.1 Å². The number of amides is 1. The van der Waals surface area contributed by atoms with Gasteiger partial charge in [0.25, 0.3) is 5.91 Å². The zero-order chi connectivity index (χ0) is 15.2. The zero-order valence-electron chi connectivity index (χ0n) is 10.8. The summed E-state index contributed by atoms with van der Waals surface area (Å²) in [7, 11) is 0. The number of carbonyl (C=O) groups is 2. The molecular weight excluding hydrogens is 358 g/mol. The predicted molar refractivity (Wildman–Crippen MR) is 85.1 cm³/mol. The normalized spacial score (nSPS) is 10.0. The van der Waals surface area contributed by atoms with Crippen LogP contribution in [-0.2, 0) is 4.79 Å². The van der Waals surface area contributed by atoms with Crippen LogP contribution in [0.4, 0.5) is 5.69 Å². The number of aldehydes is 1. The topological polar surface area (TPSA) is 55.4 Å². The fourth-order valence-corrected chi connectivity index (χ4v) is 2.36. The van der Waals surface area contributed by atoms with Crippen molar-refractivity contribution in [3.63, 3.8) is 0 Å². The number of hydrogen-bond donors (Lipinski definition) is 1. The molecule has 108 valence electrons. The van der Waals surface area contributed by atoms with Gasteiger partial charge in [-0.05, 0) is 46.3 Å². The van der Waals surface area contributed by atoms with E-state index in [1.54, 1.807) is 42.5 Å². The van der Waals surface area contributed by atoms with Crippen LogP contribution in [0.15, 0.2) is 46.9 Å². The van der Waals surface area contributed by atoms with Gasteiger partial charge in [0, 0.05) is 10.7 Å². The highest BCUT2D eigenvalue weighted by Crippen LogP contribution is 2.27. The first-order valence-corrected chi connectivity index (χ1v) is 7.19. The molecule has 21 heavy (non-hydrogen) atoms. The Hall–Kier alpha value is -1.85. The van der Waals surface area contributed by atoms with Gasteiger partial charge in [-0.3, -0.25) is 9.59 Å². The monoisotopic (exact) mass is 367 g/mol. The van der Waals surface area contributed by atoms with Crippen molar-refractivity contribution in [2.24, 2.45) is 0 Å². The molecule has 0 bridgehead atoms. The van der Waals surface area contributed by atoms with Crippen molar-refractivity contribution in [3.05, 3.63) is 57.5 Å². The Morgan fingerprint density at radius 1 is 1.29 bits per heavy atom. The molecule has 2 rings (SSSR count). The van der Waals surface area contributed by atoms with E-state index in [4.69, 9.17) is 16.3 Å². The third-order valence-electron chi connectivity index (χ3n) is 2.58. The summed E-state index contributed by atoms with van der Waals surface area (Å²) in [6.45, 7) is -0.212. The molecule has 0 heterocycles. The number of nitrogens with one attached hydrogen (secondary N) is 1. The number of hydrogen-bond acceptors (Lipinski definition) is 3. The lowest BCUT2D eigenvalue weighted by Gasteiger charge is -2.10. The number of benzene rings is 2. The highest BCUT2D eigenvalue weighted by molar-refractivity contribution is 9.10. The second-order valence-corrected chi connectivity index (χ2v) is 5.41. The van der Waals surface area contributed by atoms with Crippen LogP contribution in [0.25, 0.3) is 0 Å². The Morgan fingerprint density at radius 2 is 2.05 bits per heavy atom. The van der Waals surface area contributed by atoms with Crippen LogP contribution in [0.3, 0.4) is 0 Å². The van der Waals surface area contributed by atoms with Crippen LogP contribution in [0.1, 0.15) is 10.4 Å². The first kappa shape index (κ1) is 15.5. The van der Waals surface area contributed by atoms with Crippen molar-refractivity contribution < 1.29 is 14.3 Å². The van der Waals surface area contributed by atoms with Gasteiger partial charge >= 0.3 is 0 Å². The lowest BCUT2D eigenvalue weighted by atomic mass is 10.2. The number of halogens is 2. The quantitative estimate of drug-likeness (QED) is 0.814. The van der Waals surface area contributed by atoms with E-state index in [-0.39, 0.29) is 12.5 Å². The maximum atomic E-state index is 11.8. The number of para-hydroxylation sites is 1. The smallest absolute Gasteiger partial charge is 0.262 e. The minimum atomic E-state index is -0.343. The van der Waals surface area contributed by atoms with E-state index in [1.807, 2.05) is 0 Å². The average Bonchev–Trinajstić information content (AvgIpc) is 2.45. The fraction of sp³-hybridized carbons (Fsp3) is 0.0667. The van der Waals surface area contributed by atoms with Crippen molar-refractivity contribution in [3.8, 4) is 5.75 Å². The first-order chi connectivity index (χ1) is 10.1. The van der Waals surface area contributed by atoms with E-state index >= 15 is 0 Å². The maximum absolute atomic E-state index is 11.8. The summed E-state index contributed by atoms with van der Waals surface area (Å²) >= 11 is 9.12. The lowest BCUT2D eigenvalue weighted by Crippen LogP contribution is -2.20. The molecule has 1 N–H and O–H groups in total. The summed E-state index contributed by atoms with van der Waals surface area (Å²) in [4.78, 5) is 22.8. The molecule has 0 aliphatic carbocycles. The molecule has 2 aromatic rings. The van der Waals surface area contributed by atoms with Gasteiger partial charge < -0.3 is 10.1 Å². The Balaban J connectivity index is 2.00. The van der Waals surface area contributed by atoms with Crippen molar-refractivity contribution in [1.29, 1.82) is 0 Å². The number of anilines is 1. The summed E-state index contributed by atoms with van der Waals surface area (Å²) in [5.41, 5.74) is 0.957. The third kappa shape index (κ3) is 4.31. The Morgan fingerprint density at radius 3 is 2.76 bits per heavy atom. The van der Waals surface area contributed by atoms with Gasteiger partial charge in [0.05, 0.1) is 10.0 Å². The Bertz CT molecular complexity index is 676. The van der Waals surface area contributed by atoms with Gasteiger partial charge in [0.2, 0.25) is 0 Å². The highest BCUT2D eigenvalue weighted by Gasteiger charge is 2.10. The molecule has 6 heteroatoms. The second-order valence-electron chi connectivity index (χ2n) is 4.12. The molecule has 0 saturated carbocycles. The van der Waals surface area contributed by atoms with E-state index in [1.165, 1.54) is 0 Å². The SMILES string of the molecule is O=Cc1cccc(Br)c1OCC(=O)Nc1cccc(Cl)c1. The average molecular weight is 369 g/mol. The van der Waals surface area contributed by atoms with Gasteiger partial charge in [0.1, 0.15) is 5.75 Å². The van der Waals surface area contributed by atoms with E-state index in [9.17, 15) is 9.59 Å². The van der Waals surface area contributed by atoms with Crippen molar-refractivity contribution in [2.45, 2.75) is 0 Å². The summed E-state index contributed by atoms with van der Waals surface area (Å²) < 4.78 is 6.01. The Labute approximate surface area is 135 Å². The van der Waals surface area contributed by atoms with Gasteiger partial charge in [-0.15, -0.1) is 0 Å². The van der Waals surface area contributed by atoms with Crippen LogP contribution in [-0.4, -0.2) is 18.8 Å². The van der Waals surface area contributed by atoms with Crippen molar-refractivity contribution in [2.75, 3.05) is 11.9 Å². The van der Waals surface area contributed by atoms with Crippen LogP contribution in [0.5, 0.6) is 5.75 Å². The van der Waals surface area contributed by atoms with Crippen LogP contribution in [0, 0.1) is 0 Å². The molecular formula is C15H11BrClNO3. The number of rotatable bonds is 5. The molecule has 0 aromatic heterocycles. The van der Waals surface area contributed by atoms with E-state index in [2.05, 4.69) is 21.2 Å². The van der Waals surface area contributed by atoms with E-state index < -0.39 is 0 Å². The molecule has 2 aromatic carbocycles. The molecule has 0 aliphatic heterocycles. The van der Waals surface area contributed by atoms with Crippen LogP contribution >= 0.6 is 27.5 Å². The molecule has 0 radical (unpaired) electrons. The Kier molecular flexibility index (Phi) is 5.36. The van der Waals surface area contributed by atoms with Gasteiger partial charge in [-0.1, -0.05) is 23.7 Å². The van der Waals surface area contributed by atoms with E-state index in [0.717, 1.165) is 0 Å². The highest BCUT2D eigenvalue weighted by atomic mass is 79.9. The van der Waals surface area contributed by atoms with E-state index in [0.29, 0.717) is 32.8 Å². The summed E-state index contributed by atoms with van der Waals surface area (Å²) in [5.74, 6) is -0.00128. The van der Waals surface area contributed by atoms with Crippen LogP contribution in [0.2, 0.25) is 5.02 Å². The zero-order valence-corrected chi connectivity index (χ0v) is 13.1. The molecule has 0 unspecified atom stereocenters. The largest absolute Gasteiger partial charge is 0.482 e. The minimum absolute atomic E-state index is 0.212. The summed E-state index contributed by atoms with van der Waals surface area (Å²) in [5, 5.41) is 3.19. The maximum Gasteiger partial charge on any atom is 0.262 e. The second kappa shape index (κ2) is 7.24. The molecule has 0 saturated heterocycles. The molecule has 1 amide bonds. The minimum Gasteiger partial charge on any atom is -0.482 e. The predicted octanol–water partition coefficient (Wildman–Crippen LogP) is 3.93. The number of carbonyl (C=O) groups excluding carboxylic acids is 2. The van der Waals surface area contributed by atoms with Gasteiger partial charge in [-0.25, -0.2) is 0 Å². The van der Waals surface area contributed by atoms with Crippen molar-refractivity contribution in [1.82, 2.24) is 0 Å². The third-order valence-corrected chi connectivity index (χ3v) is 3.44. The summed E-state index contributed by atoms with van der Waals surface area (Å²) in [6, 6.07) is 11.9. The molecule has 0 fully saturated rings. The van der Waals surface area contributed by atoms with Crippen molar-refractivity contribution >= 4 is 45.4 Å². The number of ether oxygens (including phenoxy) is 1. The molecule has 0 spiro atoms. The molecule has 0 aliphatic rings.